The number of hydrogen-bond acceptors (Lipinski definition) is 8. The molecule has 35 heavy (non-hydrogen) atoms. The molecule has 1 N–H and O–H groups in total. The molecule has 2 aliphatic rings. The number of carbonyl (C=O) groups excluding carboxylic acids is 1. The fourth-order valence-corrected chi connectivity index (χ4v) is 4.74. The van der Waals surface area contributed by atoms with Gasteiger partial charge in [-0.15, -0.1) is 0 Å². The molecule has 5 rings (SSSR count). The zero-order valence-electron chi connectivity index (χ0n) is 20.9. The van der Waals surface area contributed by atoms with E-state index in [1.807, 2.05) is 49.2 Å². The Balaban J connectivity index is 1.49. The molecule has 182 valence electrons. The van der Waals surface area contributed by atoms with E-state index in [-0.39, 0.29) is 5.91 Å². The van der Waals surface area contributed by atoms with Crippen LogP contribution in [0.4, 0.5) is 34.5 Å². The van der Waals surface area contributed by atoms with Crippen molar-refractivity contribution in [3.05, 3.63) is 53.7 Å². The van der Waals surface area contributed by atoms with E-state index >= 15 is 0 Å². The lowest BCUT2D eigenvalue weighted by molar-refractivity contribution is 0.0994. The number of likely N-dealkylation sites (N-methyl/N-ethyl adjacent to an activating group) is 1. The van der Waals surface area contributed by atoms with E-state index in [9.17, 15) is 4.79 Å². The maximum atomic E-state index is 13.1. The topological polar surface area (TPSA) is 77.1 Å². The summed E-state index contributed by atoms with van der Waals surface area (Å²) < 4.78 is 5.71. The maximum Gasteiger partial charge on any atom is 0.260 e. The summed E-state index contributed by atoms with van der Waals surface area (Å²) in [6.07, 6.45) is 0. The molecule has 1 amide bonds. The van der Waals surface area contributed by atoms with Crippen LogP contribution >= 0.6 is 0 Å². The Hall–Kier alpha value is -3.85. The first kappa shape index (κ1) is 22.9. The fraction of sp³-hybridized carbons (Fsp3) is 0.346. The predicted octanol–water partition coefficient (Wildman–Crippen LogP) is 3.65. The van der Waals surface area contributed by atoms with Crippen LogP contribution < -0.4 is 24.8 Å². The maximum absolute atomic E-state index is 13.1. The molecule has 0 unspecified atom stereocenters. The van der Waals surface area contributed by atoms with E-state index in [1.165, 1.54) is 0 Å². The van der Waals surface area contributed by atoms with Crippen molar-refractivity contribution in [1.29, 1.82) is 0 Å². The van der Waals surface area contributed by atoms with E-state index < -0.39 is 0 Å². The monoisotopic (exact) mass is 473 g/mol. The Morgan fingerprint density at radius 3 is 2.43 bits per heavy atom. The Bertz CT molecular complexity index is 1270. The molecule has 1 fully saturated rings. The average Bonchev–Trinajstić information content (AvgIpc) is 2.95. The first-order valence-electron chi connectivity index (χ1n) is 11.8. The number of para-hydroxylation sites is 1. The quantitative estimate of drug-likeness (QED) is 0.616. The number of methoxy groups -OCH3 is 1. The minimum absolute atomic E-state index is 0.0835. The molecule has 0 radical (unpaired) electrons. The number of carbonyl (C=O) groups is 1. The van der Waals surface area contributed by atoms with Crippen molar-refractivity contribution >= 4 is 40.4 Å². The molecule has 9 heteroatoms. The van der Waals surface area contributed by atoms with Crippen LogP contribution in [0, 0.1) is 6.92 Å². The largest absolute Gasteiger partial charge is 0.494 e. The SMILES string of the molecule is COc1cc(N2CCN(C)CC2)ccc1Nc1nc(C)c2c(n1)N(C)c1ccccc1C(=O)N2C. The number of nitrogens with one attached hydrogen (secondary N) is 1. The van der Waals surface area contributed by atoms with Gasteiger partial charge in [0.2, 0.25) is 5.95 Å². The number of nitrogens with zero attached hydrogens (tertiary/aromatic N) is 6. The van der Waals surface area contributed by atoms with Gasteiger partial charge in [-0.05, 0) is 38.2 Å². The van der Waals surface area contributed by atoms with Crippen LogP contribution in [0.25, 0.3) is 0 Å². The summed E-state index contributed by atoms with van der Waals surface area (Å²) in [6, 6.07) is 13.7. The lowest BCUT2D eigenvalue weighted by Gasteiger charge is -2.34. The summed E-state index contributed by atoms with van der Waals surface area (Å²) in [5.74, 6) is 1.75. The van der Waals surface area contributed by atoms with E-state index in [1.54, 1.807) is 19.1 Å². The van der Waals surface area contributed by atoms with Crippen molar-refractivity contribution < 1.29 is 9.53 Å². The third kappa shape index (κ3) is 4.12. The predicted molar refractivity (Wildman–Crippen MR) is 140 cm³/mol. The molecule has 0 spiro atoms. The van der Waals surface area contributed by atoms with E-state index in [2.05, 4.69) is 39.3 Å². The van der Waals surface area contributed by atoms with Gasteiger partial charge in [-0.1, -0.05) is 12.1 Å². The van der Waals surface area contributed by atoms with Crippen molar-refractivity contribution in [3.8, 4) is 5.75 Å². The highest BCUT2D eigenvalue weighted by atomic mass is 16.5. The minimum Gasteiger partial charge on any atom is -0.494 e. The number of ether oxygens (including phenoxy) is 1. The van der Waals surface area contributed by atoms with Crippen molar-refractivity contribution in [3.63, 3.8) is 0 Å². The smallest absolute Gasteiger partial charge is 0.260 e. The third-order valence-corrected chi connectivity index (χ3v) is 6.79. The minimum atomic E-state index is -0.0835. The number of aromatic nitrogens is 2. The van der Waals surface area contributed by atoms with E-state index in [0.29, 0.717) is 28.7 Å². The lowest BCUT2D eigenvalue weighted by atomic mass is 10.1. The number of anilines is 6. The standard InChI is InChI=1S/C26H31N7O2/c1-17-23-24(31(3)21-9-7-6-8-19(21)25(34)32(23)4)29-26(27-17)28-20-11-10-18(16-22(20)35-5)33-14-12-30(2)13-15-33/h6-11,16H,12-15H2,1-5H3,(H,27,28,29). The highest BCUT2D eigenvalue weighted by molar-refractivity contribution is 6.13. The number of piperazine rings is 1. The van der Waals surface area contributed by atoms with Crippen LogP contribution in [-0.2, 0) is 0 Å². The zero-order chi connectivity index (χ0) is 24.7. The van der Waals surface area contributed by atoms with Crippen molar-refractivity contribution in [1.82, 2.24) is 14.9 Å². The van der Waals surface area contributed by atoms with Gasteiger partial charge in [0.05, 0.1) is 29.7 Å². The van der Waals surface area contributed by atoms with Gasteiger partial charge in [0.1, 0.15) is 11.4 Å². The second kappa shape index (κ2) is 9.07. The van der Waals surface area contributed by atoms with Gasteiger partial charge < -0.3 is 29.7 Å². The van der Waals surface area contributed by atoms with Crippen LogP contribution in [-0.4, -0.2) is 75.2 Å². The third-order valence-electron chi connectivity index (χ3n) is 6.79. The van der Waals surface area contributed by atoms with Gasteiger partial charge in [0.25, 0.3) is 5.91 Å². The Morgan fingerprint density at radius 2 is 1.69 bits per heavy atom. The normalized spacial score (nSPS) is 16.0. The van der Waals surface area contributed by atoms with Crippen molar-refractivity contribution in [2.75, 3.05) is 74.4 Å². The summed E-state index contributed by atoms with van der Waals surface area (Å²) >= 11 is 0. The van der Waals surface area contributed by atoms with Crippen LogP contribution in [0.15, 0.2) is 42.5 Å². The van der Waals surface area contributed by atoms with Crippen LogP contribution in [0.2, 0.25) is 0 Å². The van der Waals surface area contributed by atoms with Gasteiger partial charge in [-0.3, -0.25) is 4.79 Å². The first-order valence-corrected chi connectivity index (χ1v) is 11.8. The van der Waals surface area contributed by atoms with E-state index in [4.69, 9.17) is 9.72 Å². The second-order valence-electron chi connectivity index (χ2n) is 9.05. The summed E-state index contributed by atoms with van der Waals surface area (Å²) in [7, 11) is 7.51. The number of rotatable bonds is 4. The lowest BCUT2D eigenvalue weighted by Crippen LogP contribution is -2.44. The highest BCUT2D eigenvalue weighted by Gasteiger charge is 2.30. The molecule has 0 saturated carbocycles. The number of aryl methyl sites for hydroxylation is 1. The molecule has 3 heterocycles. The van der Waals surface area contributed by atoms with Crippen LogP contribution in [0.1, 0.15) is 16.1 Å². The van der Waals surface area contributed by atoms with Gasteiger partial charge in [0.15, 0.2) is 5.82 Å². The Morgan fingerprint density at radius 1 is 0.943 bits per heavy atom. The van der Waals surface area contributed by atoms with Gasteiger partial charge >= 0.3 is 0 Å². The van der Waals surface area contributed by atoms with Gasteiger partial charge in [-0.25, -0.2) is 4.98 Å². The van der Waals surface area contributed by atoms with E-state index in [0.717, 1.165) is 49.0 Å². The molecular weight excluding hydrogens is 442 g/mol. The number of fused-ring (bicyclic) bond motifs is 2. The molecule has 1 aromatic heterocycles. The highest BCUT2D eigenvalue weighted by Crippen LogP contribution is 2.40. The average molecular weight is 474 g/mol. The summed E-state index contributed by atoms with van der Waals surface area (Å²) in [6.45, 7) is 5.95. The second-order valence-corrected chi connectivity index (χ2v) is 9.05. The molecule has 3 aromatic rings. The molecule has 0 aliphatic carbocycles. The molecule has 0 atom stereocenters. The van der Waals surface area contributed by atoms with Gasteiger partial charge in [-0.2, -0.15) is 4.98 Å². The Labute approximate surface area is 205 Å². The number of amides is 1. The molecule has 2 aromatic carbocycles. The molecule has 0 bridgehead atoms. The zero-order valence-corrected chi connectivity index (χ0v) is 20.9. The number of hydrogen-bond donors (Lipinski definition) is 1. The van der Waals surface area contributed by atoms with Crippen molar-refractivity contribution in [2.24, 2.45) is 0 Å². The molecule has 9 nitrogen and oxygen atoms in total. The molecular formula is C26H31N7O2. The summed E-state index contributed by atoms with van der Waals surface area (Å²) in [5, 5.41) is 3.34. The van der Waals surface area contributed by atoms with Crippen LogP contribution in [0.3, 0.4) is 0 Å². The van der Waals surface area contributed by atoms with Gasteiger partial charge in [0, 0.05) is 52.0 Å². The first-order chi connectivity index (χ1) is 16.9. The summed E-state index contributed by atoms with van der Waals surface area (Å²) in [4.78, 5) is 30.9. The fourth-order valence-electron chi connectivity index (χ4n) is 4.74. The molecule has 1 saturated heterocycles. The molecule has 2 aliphatic heterocycles. The summed E-state index contributed by atoms with van der Waals surface area (Å²) in [5.41, 5.74) is 4.76. The number of benzene rings is 2. The Kier molecular flexibility index (Phi) is 5.94. The van der Waals surface area contributed by atoms with Crippen molar-refractivity contribution in [2.45, 2.75) is 6.92 Å². The van der Waals surface area contributed by atoms with Crippen LogP contribution in [0.5, 0.6) is 5.75 Å².